The summed E-state index contributed by atoms with van der Waals surface area (Å²) in [4.78, 5) is 0. The summed E-state index contributed by atoms with van der Waals surface area (Å²) in [5.41, 5.74) is 0.704. The van der Waals surface area contributed by atoms with Gasteiger partial charge in [0, 0.05) is 0 Å². The number of alkyl halides is 3. The molecular formula is C9H11F3. The molecule has 1 aliphatic rings. The Morgan fingerprint density at radius 3 is 2.67 bits per heavy atom. The van der Waals surface area contributed by atoms with Gasteiger partial charge in [-0.1, -0.05) is 23.8 Å². The molecule has 68 valence electrons. The Bertz CT molecular complexity index is 210. The van der Waals surface area contributed by atoms with Gasteiger partial charge in [0.05, 0.1) is 5.92 Å². The van der Waals surface area contributed by atoms with Crippen LogP contribution < -0.4 is 0 Å². The highest BCUT2D eigenvalue weighted by Crippen LogP contribution is 2.33. The standard InChI is InChI=1S/C9H11F3/c1-7-4-2-3-5-8(6-7)9(10,11)12/h2,4,6,8H,3,5H2,1H3. The third-order valence-electron chi connectivity index (χ3n) is 1.91. The minimum absolute atomic E-state index is 0.178. The van der Waals surface area contributed by atoms with Crippen molar-refractivity contribution in [2.24, 2.45) is 5.92 Å². The molecule has 0 bridgehead atoms. The first-order valence-corrected chi connectivity index (χ1v) is 3.92. The van der Waals surface area contributed by atoms with Crippen molar-refractivity contribution in [3.63, 3.8) is 0 Å². The predicted molar refractivity (Wildman–Crippen MR) is 41.7 cm³/mol. The van der Waals surface area contributed by atoms with E-state index in [1.165, 1.54) is 6.08 Å². The van der Waals surface area contributed by atoms with Gasteiger partial charge in [-0.05, 0) is 19.8 Å². The Morgan fingerprint density at radius 1 is 1.42 bits per heavy atom. The van der Waals surface area contributed by atoms with Crippen LogP contribution in [-0.2, 0) is 0 Å². The van der Waals surface area contributed by atoms with Crippen LogP contribution in [0.15, 0.2) is 23.8 Å². The third-order valence-corrected chi connectivity index (χ3v) is 1.91. The first kappa shape index (κ1) is 9.36. The summed E-state index contributed by atoms with van der Waals surface area (Å²) in [5.74, 6) is -1.26. The second-order valence-electron chi connectivity index (χ2n) is 3.04. The quantitative estimate of drug-likeness (QED) is 0.530. The topological polar surface area (TPSA) is 0 Å². The first-order valence-electron chi connectivity index (χ1n) is 3.92. The van der Waals surface area contributed by atoms with Gasteiger partial charge in [-0.25, -0.2) is 0 Å². The van der Waals surface area contributed by atoms with E-state index in [4.69, 9.17) is 0 Å². The van der Waals surface area contributed by atoms with E-state index in [1.807, 2.05) is 0 Å². The molecule has 0 N–H and O–H groups in total. The van der Waals surface area contributed by atoms with Gasteiger partial charge in [0.15, 0.2) is 0 Å². The van der Waals surface area contributed by atoms with Gasteiger partial charge in [-0.15, -0.1) is 0 Å². The maximum atomic E-state index is 12.2. The largest absolute Gasteiger partial charge is 0.395 e. The number of hydrogen-bond donors (Lipinski definition) is 0. The van der Waals surface area contributed by atoms with Crippen LogP contribution in [-0.4, -0.2) is 6.18 Å². The van der Waals surface area contributed by atoms with Crippen molar-refractivity contribution in [3.05, 3.63) is 23.8 Å². The van der Waals surface area contributed by atoms with Gasteiger partial charge in [0.1, 0.15) is 0 Å². The summed E-state index contributed by atoms with van der Waals surface area (Å²) >= 11 is 0. The van der Waals surface area contributed by atoms with Crippen LogP contribution in [0.5, 0.6) is 0 Å². The van der Waals surface area contributed by atoms with Crippen molar-refractivity contribution in [2.75, 3.05) is 0 Å². The highest BCUT2D eigenvalue weighted by atomic mass is 19.4. The summed E-state index contributed by atoms with van der Waals surface area (Å²) < 4.78 is 36.7. The first-order chi connectivity index (χ1) is 5.50. The predicted octanol–water partition coefficient (Wildman–Crippen LogP) is 3.46. The van der Waals surface area contributed by atoms with Crippen LogP contribution in [0.25, 0.3) is 0 Å². The van der Waals surface area contributed by atoms with Crippen molar-refractivity contribution in [2.45, 2.75) is 25.9 Å². The molecule has 12 heavy (non-hydrogen) atoms. The summed E-state index contributed by atoms with van der Waals surface area (Å²) in [6.45, 7) is 1.70. The molecule has 0 saturated heterocycles. The molecule has 0 aromatic carbocycles. The van der Waals surface area contributed by atoms with E-state index >= 15 is 0 Å². The molecule has 0 amide bonds. The average molecular weight is 176 g/mol. The zero-order valence-electron chi connectivity index (χ0n) is 6.86. The van der Waals surface area contributed by atoms with Crippen molar-refractivity contribution < 1.29 is 13.2 Å². The van der Waals surface area contributed by atoms with E-state index in [-0.39, 0.29) is 6.42 Å². The fourth-order valence-electron chi connectivity index (χ4n) is 1.26. The highest BCUT2D eigenvalue weighted by Gasteiger charge is 2.37. The summed E-state index contributed by atoms with van der Waals surface area (Å²) in [5, 5.41) is 0. The van der Waals surface area contributed by atoms with Crippen LogP contribution >= 0.6 is 0 Å². The van der Waals surface area contributed by atoms with Crippen molar-refractivity contribution in [1.29, 1.82) is 0 Å². The number of rotatable bonds is 0. The lowest BCUT2D eigenvalue weighted by Crippen LogP contribution is -2.20. The fourth-order valence-corrected chi connectivity index (χ4v) is 1.26. The minimum Gasteiger partial charge on any atom is -0.170 e. The van der Waals surface area contributed by atoms with Crippen molar-refractivity contribution >= 4 is 0 Å². The zero-order chi connectivity index (χ0) is 9.19. The molecule has 0 aromatic rings. The molecule has 0 aromatic heterocycles. The Balaban J connectivity index is 2.75. The monoisotopic (exact) mass is 176 g/mol. The normalized spacial score (nSPS) is 25.0. The summed E-state index contributed by atoms with van der Waals surface area (Å²) in [6, 6.07) is 0. The maximum Gasteiger partial charge on any atom is 0.395 e. The lowest BCUT2D eigenvalue weighted by molar-refractivity contribution is -0.162. The van der Waals surface area contributed by atoms with E-state index in [1.54, 1.807) is 19.1 Å². The average Bonchev–Trinajstić information content (AvgIpc) is 2.11. The maximum absolute atomic E-state index is 12.2. The third kappa shape index (κ3) is 2.40. The van der Waals surface area contributed by atoms with Gasteiger partial charge < -0.3 is 0 Å². The molecule has 0 nitrogen and oxygen atoms in total. The molecule has 0 heterocycles. The number of hydrogen-bond acceptors (Lipinski definition) is 0. The molecule has 1 unspecified atom stereocenters. The van der Waals surface area contributed by atoms with E-state index < -0.39 is 12.1 Å². The molecule has 0 saturated carbocycles. The molecule has 0 radical (unpaired) electrons. The Labute approximate surface area is 69.8 Å². The smallest absolute Gasteiger partial charge is 0.170 e. The second-order valence-corrected chi connectivity index (χ2v) is 3.04. The SMILES string of the molecule is CC1=CC(C(F)(F)F)CCC=C1. The van der Waals surface area contributed by atoms with Gasteiger partial charge >= 0.3 is 6.18 Å². The van der Waals surface area contributed by atoms with Crippen LogP contribution in [0, 0.1) is 5.92 Å². The Kier molecular flexibility index (Phi) is 2.60. The molecular weight excluding hydrogens is 165 g/mol. The molecule has 0 aliphatic heterocycles. The van der Waals surface area contributed by atoms with Crippen molar-refractivity contribution in [1.82, 2.24) is 0 Å². The van der Waals surface area contributed by atoms with Gasteiger partial charge in [-0.2, -0.15) is 13.2 Å². The van der Waals surface area contributed by atoms with Gasteiger partial charge in [0.2, 0.25) is 0 Å². The lowest BCUT2D eigenvalue weighted by Gasteiger charge is -2.15. The zero-order valence-corrected chi connectivity index (χ0v) is 6.86. The van der Waals surface area contributed by atoms with E-state index in [0.29, 0.717) is 12.0 Å². The van der Waals surface area contributed by atoms with Crippen LogP contribution in [0.4, 0.5) is 13.2 Å². The van der Waals surface area contributed by atoms with Gasteiger partial charge in [0.25, 0.3) is 0 Å². The second kappa shape index (κ2) is 3.33. The van der Waals surface area contributed by atoms with Gasteiger partial charge in [-0.3, -0.25) is 0 Å². The Morgan fingerprint density at radius 2 is 2.08 bits per heavy atom. The minimum atomic E-state index is -4.08. The van der Waals surface area contributed by atoms with Crippen LogP contribution in [0.1, 0.15) is 19.8 Å². The van der Waals surface area contributed by atoms with E-state index in [9.17, 15) is 13.2 Å². The molecule has 1 atom stereocenters. The number of allylic oxidation sites excluding steroid dienone is 4. The number of halogens is 3. The fraction of sp³-hybridized carbons (Fsp3) is 0.556. The Hall–Kier alpha value is -0.730. The molecule has 0 spiro atoms. The molecule has 0 fully saturated rings. The molecule has 1 aliphatic carbocycles. The van der Waals surface area contributed by atoms with E-state index in [2.05, 4.69) is 0 Å². The van der Waals surface area contributed by atoms with Crippen molar-refractivity contribution in [3.8, 4) is 0 Å². The summed E-state index contributed by atoms with van der Waals surface area (Å²) in [7, 11) is 0. The molecule has 1 rings (SSSR count). The molecule has 3 heteroatoms. The van der Waals surface area contributed by atoms with Crippen LogP contribution in [0.3, 0.4) is 0 Å². The summed E-state index contributed by atoms with van der Waals surface area (Å²) in [6.07, 6.45) is 1.44. The lowest BCUT2D eigenvalue weighted by atomic mass is 10.0. The van der Waals surface area contributed by atoms with E-state index in [0.717, 1.165) is 0 Å². The van der Waals surface area contributed by atoms with Crippen LogP contribution in [0.2, 0.25) is 0 Å². The highest BCUT2D eigenvalue weighted by molar-refractivity contribution is 5.19.